The number of aromatic nitrogens is 2. The Morgan fingerprint density at radius 1 is 1.23 bits per heavy atom. The molecule has 1 aliphatic rings. The highest BCUT2D eigenvalue weighted by molar-refractivity contribution is 6.31. The lowest BCUT2D eigenvalue weighted by atomic mass is 9.92. The molecule has 1 aliphatic heterocycles. The quantitative estimate of drug-likeness (QED) is 0.646. The molecule has 0 bridgehead atoms. The summed E-state index contributed by atoms with van der Waals surface area (Å²) in [5.41, 5.74) is 8.88. The van der Waals surface area contributed by atoms with Gasteiger partial charge in [-0.2, -0.15) is 0 Å². The number of piperidine rings is 1. The number of nitrogens with zero attached hydrogens (tertiary/aromatic N) is 2. The highest BCUT2D eigenvalue weighted by atomic mass is 35.5. The fourth-order valence-corrected chi connectivity index (χ4v) is 4.37. The van der Waals surface area contributed by atoms with Crippen molar-refractivity contribution in [2.45, 2.75) is 45.1 Å². The summed E-state index contributed by atoms with van der Waals surface area (Å²) >= 11 is 6.08. The van der Waals surface area contributed by atoms with Crippen LogP contribution in [0.4, 0.5) is 0 Å². The highest BCUT2D eigenvalue weighted by Crippen LogP contribution is 2.29. The van der Waals surface area contributed by atoms with Gasteiger partial charge in [-0.05, 0) is 68.1 Å². The number of benzene rings is 2. The molecule has 4 rings (SSSR count). The number of carbonyl (C=O) groups is 2. The van der Waals surface area contributed by atoms with Gasteiger partial charge in [0.05, 0.1) is 11.0 Å². The second-order valence-corrected chi connectivity index (χ2v) is 8.45. The molecule has 2 aromatic carbocycles. The Kier molecular flexibility index (Phi) is 5.52. The number of nitrogens with one attached hydrogen (secondary N) is 1. The van der Waals surface area contributed by atoms with Crippen molar-refractivity contribution in [1.82, 2.24) is 14.9 Å². The first-order valence-electron chi connectivity index (χ1n) is 10.2. The van der Waals surface area contributed by atoms with Crippen molar-refractivity contribution in [3.05, 3.63) is 63.9 Å². The molecule has 2 atom stereocenters. The van der Waals surface area contributed by atoms with E-state index in [-0.39, 0.29) is 17.9 Å². The summed E-state index contributed by atoms with van der Waals surface area (Å²) in [6, 6.07) is 10.8. The molecule has 1 aromatic heterocycles. The summed E-state index contributed by atoms with van der Waals surface area (Å²) in [4.78, 5) is 35.1. The van der Waals surface area contributed by atoms with Gasteiger partial charge in [-0.25, -0.2) is 4.98 Å². The largest absolute Gasteiger partial charge is 0.366 e. The third-order valence-electron chi connectivity index (χ3n) is 5.97. The Bertz CT molecular complexity index is 1120. The summed E-state index contributed by atoms with van der Waals surface area (Å²) in [5.74, 6) is -0.111. The fourth-order valence-electron chi connectivity index (χ4n) is 4.20. The van der Waals surface area contributed by atoms with Gasteiger partial charge in [-0.15, -0.1) is 0 Å². The number of carbonyl (C=O) groups excluding carboxylic acids is 2. The van der Waals surface area contributed by atoms with Crippen LogP contribution in [-0.2, 0) is 0 Å². The van der Waals surface area contributed by atoms with E-state index < -0.39 is 5.91 Å². The summed E-state index contributed by atoms with van der Waals surface area (Å²) in [6.45, 7) is 4.78. The molecule has 2 heterocycles. The zero-order chi connectivity index (χ0) is 21.4. The van der Waals surface area contributed by atoms with Crippen molar-refractivity contribution in [3.63, 3.8) is 0 Å². The number of fused-ring (bicyclic) bond motifs is 1. The minimum Gasteiger partial charge on any atom is -0.366 e. The summed E-state index contributed by atoms with van der Waals surface area (Å²) in [6.07, 6.45) is 3.17. The molecule has 0 saturated carbocycles. The Balaban J connectivity index is 1.73. The molecule has 2 unspecified atom stereocenters. The van der Waals surface area contributed by atoms with Crippen LogP contribution in [0.5, 0.6) is 0 Å². The smallest absolute Gasteiger partial charge is 0.254 e. The van der Waals surface area contributed by atoms with Crippen LogP contribution in [0.1, 0.15) is 71.1 Å². The van der Waals surface area contributed by atoms with E-state index in [0.29, 0.717) is 27.5 Å². The zero-order valence-electron chi connectivity index (χ0n) is 17.1. The first kappa shape index (κ1) is 20.4. The molecule has 156 valence electrons. The molecule has 6 nitrogen and oxygen atoms in total. The van der Waals surface area contributed by atoms with Crippen LogP contribution in [0.15, 0.2) is 36.4 Å². The van der Waals surface area contributed by atoms with Crippen LogP contribution >= 0.6 is 11.6 Å². The predicted molar refractivity (Wildman–Crippen MR) is 118 cm³/mol. The van der Waals surface area contributed by atoms with E-state index in [4.69, 9.17) is 17.3 Å². The molecular weight excluding hydrogens is 400 g/mol. The number of primary amides is 1. The normalized spacial score (nSPS) is 17.8. The van der Waals surface area contributed by atoms with Gasteiger partial charge in [0, 0.05) is 34.7 Å². The number of nitrogens with two attached hydrogens (primary N) is 1. The number of amides is 2. The Morgan fingerprint density at radius 2 is 2.03 bits per heavy atom. The van der Waals surface area contributed by atoms with Gasteiger partial charge in [0.25, 0.3) is 5.91 Å². The van der Waals surface area contributed by atoms with E-state index in [2.05, 4.69) is 16.9 Å². The first-order chi connectivity index (χ1) is 14.3. The number of aromatic amines is 1. The molecule has 1 saturated heterocycles. The minimum atomic E-state index is -0.527. The van der Waals surface area contributed by atoms with Crippen molar-refractivity contribution in [3.8, 4) is 0 Å². The van der Waals surface area contributed by atoms with Crippen LogP contribution in [0.25, 0.3) is 11.0 Å². The molecule has 0 aliphatic carbocycles. The zero-order valence-corrected chi connectivity index (χ0v) is 17.9. The van der Waals surface area contributed by atoms with Gasteiger partial charge in [0.1, 0.15) is 5.82 Å². The number of imidazole rings is 1. The second-order valence-electron chi connectivity index (χ2n) is 8.01. The third kappa shape index (κ3) is 3.79. The number of likely N-dealkylation sites (tertiary alicyclic amines) is 1. The van der Waals surface area contributed by atoms with Gasteiger partial charge in [-0.1, -0.05) is 18.5 Å². The van der Waals surface area contributed by atoms with Crippen molar-refractivity contribution >= 4 is 34.4 Å². The minimum absolute atomic E-state index is 0.0111. The standard InChI is InChI=1S/C23H25ClN4O2/c1-13-5-3-4-10-28(13)23(30)15-6-8-17(21(25)29)18(11-15)14(2)22-26-19-9-7-16(24)12-20(19)27-22/h6-9,11-14H,3-5,10H2,1-2H3,(H2,25,29)(H,26,27). The van der Waals surface area contributed by atoms with Crippen LogP contribution in [0.2, 0.25) is 5.02 Å². The summed E-state index contributed by atoms with van der Waals surface area (Å²) in [7, 11) is 0. The summed E-state index contributed by atoms with van der Waals surface area (Å²) in [5, 5.41) is 0.617. The lowest BCUT2D eigenvalue weighted by Gasteiger charge is -2.33. The van der Waals surface area contributed by atoms with Gasteiger partial charge < -0.3 is 15.6 Å². The lowest BCUT2D eigenvalue weighted by molar-refractivity contribution is 0.0635. The molecule has 30 heavy (non-hydrogen) atoms. The third-order valence-corrected chi connectivity index (χ3v) is 6.20. The highest BCUT2D eigenvalue weighted by Gasteiger charge is 2.26. The summed E-state index contributed by atoms with van der Waals surface area (Å²) < 4.78 is 0. The number of halogens is 1. The molecule has 3 aromatic rings. The number of hydrogen-bond donors (Lipinski definition) is 2. The lowest BCUT2D eigenvalue weighted by Crippen LogP contribution is -2.42. The number of H-pyrrole nitrogens is 1. The van der Waals surface area contributed by atoms with Crippen molar-refractivity contribution in [2.75, 3.05) is 6.54 Å². The molecule has 0 radical (unpaired) electrons. The van der Waals surface area contributed by atoms with E-state index in [1.165, 1.54) is 0 Å². The number of rotatable bonds is 4. The predicted octanol–water partition coefficient (Wildman–Crippen LogP) is 4.48. The topological polar surface area (TPSA) is 92.1 Å². The molecule has 1 fully saturated rings. The maximum absolute atomic E-state index is 13.2. The van der Waals surface area contributed by atoms with E-state index in [1.807, 2.05) is 24.0 Å². The fraction of sp³-hybridized carbons (Fsp3) is 0.348. The Morgan fingerprint density at radius 3 is 2.77 bits per heavy atom. The van der Waals surface area contributed by atoms with Crippen molar-refractivity contribution < 1.29 is 9.59 Å². The second kappa shape index (κ2) is 8.11. The molecule has 7 heteroatoms. The number of hydrogen-bond acceptors (Lipinski definition) is 3. The molecule has 2 amide bonds. The van der Waals surface area contributed by atoms with Crippen molar-refractivity contribution in [2.24, 2.45) is 5.73 Å². The van der Waals surface area contributed by atoms with Crippen LogP contribution < -0.4 is 5.73 Å². The van der Waals surface area contributed by atoms with Gasteiger partial charge in [-0.3, -0.25) is 9.59 Å². The van der Waals surface area contributed by atoms with Crippen LogP contribution in [-0.4, -0.2) is 39.3 Å². The Labute approximate surface area is 180 Å². The molecule has 0 spiro atoms. The average Bonchev–Trinajstić information content (AvgIpc) is 3.15. The SMILES string of the molecule is CC(c1nc2ccc(Cl)cc2[nH]1)c1cc(C(=O)N2CCCCC2C)ccc1C(N)=O. The van der Waals surface area contributed by atoms with Crippen LogP contribution in [0, 0.1) is 0 Å². The maximum atomic E-state index is 13.2. The van der Waals surface area contributed by atoms with E-state index in [1.54, 1.807) is 24.3 Å². The maximum Gasteiger partial charge on any atom is 0.254 e. The van der Waals surface area contributed by atoms with E-state index in [0.717, 1.165) is 36.8 Å². The van der Waals surface area contributed by atoms with Gasteiger partial charge in [0.2, 0.25) is 5.91 Å². The Hall–Kier alpha value is -2.86. The van der Waals surface area contributed by atoms with E-state index in [9.17, 15) is 9.59 Å². The van der Waals surface area contributed by atoms with Crippen LogP contribution in [0.3, 0.4) is 0 Å². The average molecular weight is 425 g/mol. The van der Waals surface area contributed by atoms with Gasteiger partial charge >= 0.3 is 0 Å². The molecule has 3 N–H and O–H groups in total. The monoisotopic (exact) mass is 424 g/mol. The first-order valence-corrected chi connectivity index (χ1v) is 10.6. The van der Waals surface area contributed by atoms with Crippen molar-refractivity contribution in [1.29, 1.82) is 0 Å². The van der Waals surface area contributed by atoms with E-state index >= 15 is 0 Å². The van der Waals surface area contributed by atoms with Gasteiger partial charge in [0.15, 0.2) is 0 Å². The molecular formula is C23H25ClN4O2.